The highest BCUT2D eigenvalue weighted by Crippen LogP contribution is 2.30. The average Bonchev–Trinajstić information content (AvgIpc) is 2.65. The smallest absolute Gasteiger partial charge is 0.323 e. The second-order valence-corrected chi connectivity index (χ2v) is 4.74. The molecule has 1 saturated heterocycles. The molecule has 0 bridgehead atoms. The Balaban J connectivity index is 2.01. The van der Waals surface area contributed by atoms with E-state index in [9.17, 15) is 4.79 Å². The van der Waals surface area contributed by atoms with E-state index in [-0.39, 0.29) is 0 Å². The third-order valence-corrected chi connectivity index (χ3v) is 3.59. The van der Waals surface area contributed by atoms with Gasteiger partial charge in [0.15, 0.2) is 0 Å². The van der Waals surface area contributed by atoms with Crippen LogP contribution >= 0.6 is 0 Å². The number of hydrogen-bond acceptors (Lipinski definition) is 3. The summed E-state index contributed by atoms with van der Waals surface area (Å²) in [5, 5.41) is 9.11. The van der Waals surface area contributed by atoms with Crippen LogP contribution < -0.4 is 0 Å². The average molecular weight is 213 g/mol. The number of carbonyl (C=O) groups is 1. The van der Waals surface area contributed by atoms with Crippen LogP contribution in [0.25, 0.3) is 0 Å². The van der Waals surface area contributed by atoms with Crippen molar-refractivity contribution in [2.45, 2.75) is 38.3 Å². The molecule has 2 aliphatic rings. The van der Waals surface area contributed by atoms with E-state index in [0.717, 1.165) is 25.3 Å². The Kier molecular flexibility index (Phi) is 3.26. The standard InChI is InChI=1S/C11H19NO3/c1-8-2-3-9(6-8)12-4-5-15-7-10(12)11(13)14/h8-10H,2-7H2,1H3,(H,13,14). The lowest BCUT2D eigenvalue weighted by atomic mass is 10.1. The highest BCUT2D eigenvalue weighted by Gasteiger charge is 2.36. The fraction of sp³-hybridized carbons (Fsp3) is 0.909. The Morgan fingerprint density at radius 3 is 2.87 bits per heavy atom. The van der Waals surface area contributed by atoms with Gasteiger partial charge >= 0.3 is 5.97 Å². The van der Waals surface area contributed by atoms with Crippen LogP contribution in [0.15, 0.2) is 0 Å². The van der Waals surface area contributed by atoms with Gasteiger partial charge in [0.1, 0.15) is 6.04 Å². The first-order chi connectivity index (χ1) is 7.18. The molecule has 4 heteroatoms. The maximum absolute atomic E-state index is 11.1. The molecule has 1 aliphatic heterocycles. The van der Waals surface area contributed by atoms with Crippen LogP contribution in [0.1, 0.15) is 26.2 Å². The number of hydrogen-bond donors (Lipinski definition) is 1. The third kappa shape index (κ3) is 2.32. The molecule has 15 heavy (non-hydrogen) atoms. The first-order valence-corrected chi connectivity index (χ1v) is 5.74. The van der Waals surface area contributed by atoms with E-state index < -0.39 is 12.0 Å². The fourth-order valence-corrected chi connectivity index (χ4v) is 2.74. The summed E-state index contributed by atoms with van der Waals surface area (Å²) in [5.41, 5.74) is 0. The quantitative estimate of drug-likeness (QED) is 0.742. The van der Waals surface area contributed by atoms with E-state index in [1.165, 1.54) is 6.42 Å². The fourth-order valence-electron chi connectivity index (χ4n) is 2.74. The van der Waals surface area contributed by atoms with Crippen molar-refractivity contribution in [1.29, 1.82) is 0 Å². The van der Waals surface area contributed by atoms with Crippen molar-refractivity contribution in [3.05, 3.63) is 0 Å². The van der Waals surface area contributed by atoms with Gasteiger partial charge < -0.3 is 9.84 Å². The number of aliphatic carboxylic acids is 1. The van der Waals surface area contributed by atoms with Crippen molar-refractivity contribution in [3.63, 3.8) is 0 Å². The van der Waals surface area contributed by atoms with E-state index in [4.69, 9.17) is 9.84 Å². The summed E-state index contributed by atoms with van der Waals surface area (Å²) in [6.45, 7) is 4.04. The van der Waals surface area contributed by atoms with Gasteiger partial charge in [0.05, 0.1) is 13.2 Å². The molecular weight excluding hydrogens is 194 g/mol. The maximum Gasteiger partial charge on any atom is 0.323 e. The zero-order valence-corrected chi connectivity index (χ0v) is 9.19. The van der Waals surface area contributed by atoms with Gasteiger partial charge in [0.2, 0.25) is 0 Å². The predicted molar refractivity (Wildman–Crippen MR) is 55.8 cm³/mol. The van der Waals surface area contributed by atoms with Crippen molar-refractivity contribution >= 4 is 5.97 Å². The summed E-state index contributed by atoms with van der Waals surface area (Å²) in [5.74, 6) is 0.00143. The monoisotopic (exact) mass is 213 g/mol. The topological polar surface area (TPSA) is 49.8 Å². The van der Waals surface area contributed by atoms with Crippen molar-refractivity contribution in [3.8, 4) is 0 Å². The van der Waals surface area contributed by atoms with Crippen LogP contribution in [0.4, 0.5) is 0 Å². The predicted octanol–water partition coefficient (Wildman–Crippen LogP) is 0.960. The molecule has 86 valence electrons. The largest absolute Gasteiger partial charge is 0.480 e. The molecule has 4 nitrogen and oxygen atoms in total. The molecule has 1 N–H and O–H groups in total. The van der Waals surface area contributed by atoms with Crippen molar-refractivity contribution in [1.82, 2.24) is 4.90 Å². The van der Waals surface area contributed by atoms with Gasteiger partial charge in [-0.3, -0.25) is 9.69 Å². The van der Waals surface area contributed by atoms with Gasteiger partial charge in [-0.2, -0.15) is 0 Å². The van der Waals surface area contributed by atoms with Gasteiger partial charge in [-0.05, 0) is 25.2 Å². The van der Waals surface area contributed by atoms with Crippen LogP contribution in [-0.2, 0) is 9.53 Å². The first kappa shape index (κ1) is 10.9. The Hall–Kier alpha value is -0.610. The SMILES string of the molecule is CC1CCC(N2CCOCC2C(=O)O)C1. The number of carboxylic acid groups (broad SMARTS) is 1. The van der Waals surface area contributed by atoms with Gasteiger partial charge in [-0.25, -0.2) is 0 Å². The Bertz CT molecular complexity index is 244. The summed E-state index contributed by atoms with van der Waals surface area (Å²) >= 11 is 0. The highest BCUT2D eigenvalue weighted by atomic mass is 16.5. The first-order valence-electron chi connectivity index (χ1n) is 5.74. The molecule has 2 rings (SSSR count). The number of ether oxygens (including phenoxy) is 1. The molecule has 0 amide bonds. The Morgan fingerprint density at radius 1 is 1.47 bits per heavy atom. The van der Waals surface area contributed by atoms with Crippen molar-refractivity contribution in [2.24, 2.45) is 5.92 Å². The normalized spacial score (nSPS) is 38.1. The van der Waals surface area contributed by atoms with E-state index in [0.29, 0.717) is 19.3 Å². The zero-order valence-electron chi connectivity index (χ0n) is 9.19. The van der Waals surface area contributed by atoms with Gasteiger partial charge in [-0.1, -0.05) is 6.92 Å². The minimum atomic E-state index is -0.741. The van der Waals surface area contributed by atoms with Crippen LogP contribution in [0.2, 0.25) is 0 Å². The van der Waals surface area contributed by atoms with Crippen LogP contribution in [0, 0.1) is 5.92 Å². The van der Waals surface area contributed by atoms with Gasteiger partial charge in [-0.15, -0.1) is 0 Å². The lowest BCUT2D eigenvalue weighted by Crippen LogP contribution is -2.53. The molecule has 1 heterocycles. The zero-order chi connectivity index (χ0) is 10.8. The lowest BCUT2D eigenvalue weighted by Gasteiger charge is -2.37. The molecule has 1 aliphatic carbocycles. The molecule has 3 unspecified atom stereocenters. The van der Waals surface area contributed by atoms with E-state index >= 15 is 0 Å². The molecule has 1 saturated carbocycles. The second kappa shape index (κ2) is 4.49. The second-order valence-electron chi connectivity index (χ2n) is 4.74. The number of morpholine rings is 1. The molecule has 2 fully saturated rings. The Morgan fingerprint density at radius 2 is 2.27 bits per heavy atom. The highest BCUT2D eigenvalue weighted by molar-refractivity contribution is 5.73. The molecule has 0 aromatic rings. The summed E-state index contributed by atoms with van der Waals surface area (Å²) in [4.78, 5) is 13.2. The molecule has 0 spiro atoms. The number of nitrogens with zero attached hydrogens (tertiary/aromatic N) is 1. The third-order valence-electron chi connectivity index (χ3n) is 3.59. The summed E-state index contributed by atoms with van der Waals surface area (Å²) < 4.78 is 5.24. The van der Waals surface area contributed by atoms with Gasteiger partial charge in [0, 0.05) is 12.6 Å². The number of carboxylic acids is 1. The molecule has 0 radical (unpaired) electrons. The molecular formula is C11H19NO3. The van der Waals surface area contributed by atoms with E-state index in [1.54, 1.807) is 0 Å². The van der Waals surface area contributed by atoms with Crippen LogP contribution in [-0.4, -0.2) is 47.8 Å². The minimum absolute atomic E-state index is 0.347. The van der Waals surface area contributed by atoms with Crippen molar-refractivity contribution < 1.29 is 14.6 Å². The van der Waals surface area contributed by atoms with E-state index in [2.05, 4.69) is 11.8 Å². The summed E-state index contributed by atoms with van der Waals surface area (Å²) in [6, 6.07) is 0.0408. The lowest BCUT2D eigenvalue weighted by molar-refractivity contribution is -0.151. The summed E-state index contributed by atoms with van der Waals surface area (Å²) in [6.07, 6.45) is 3.52. The molecule has 3 atom stereocenters. The Labute approximate surface area is 90.2 Å². The minimum Gasteiger partial charge on any atom is -0.480 e. The summed E-state index contributed by atoms with van der Waals surface area (Å²) in [7, 11) is 0. The number of rotatable bonds is 2. The van der Waals surface area contributed by atoms with Crippen LogP contribution in [0.3, 0.4) is 0 Å². The maximum atomic E-state index is 11.1. The van der Waals surface area contributed by atoms with E-state index in [1.807, 2.05) is 0 Å². The molecule has 0 aromatic carbocycles. The van der Waals surface area contributed by atoms with Crippen molar-refractivity contribution in [2.75, 3.05) is 19.8 Å². The van der Waals surface area contributed by atoms with Crippen LogP contribution in [0.5, 0.6) is 0 Å². The van der Waals surface area contributed by atoms with Gasteiger partial charge in [0.25, 0.3) is 0 Å². The molecule has 0 aromatic heterocycles.